The summed E-state index contributed by atoms with van der Waals surface area (Å²) in [5.74, 6) is 0.567. The zero-order valence-electron chi connectivity index (χ0n) is 22.6. The molecule has 1 heterocycles. The van der Waals surface area contributed by atoms with E-state index in [-0.39, 0.29) is 17.1 Å². The number of hydrogen-bond donors (Lipinski definition) is 2. The molecule has 34 heavy (non-hydrogen) atoms. The van der Waals surface area contributed by atoms with Gasteiger partial charge in [-0.3, -0.25) is 4.79 Å². The third-order valence-corrected chi connectivity index (χ3v) is 5.97. The fraction of sp³-hybridized carbons (Fsp3) is 0.483. The van der Waals surface area contributed by atoms with Crippen molar-refractivity contribution in [3.63, 3.8) is 0 Å². The average molecular weight is 470 g/mol. The monoisotopic (exact) mass is 469 g/mol. The lowest BCUT2D eigenvalue weighted by Crippen LogP contribution is -2.17. The minimum Gasteiger partial charge on any atom is -0.488 e. The molecule has 0 aliphatic heterocycles. The molecule has 188 valence electrons. The largest absolute Gasteiger partial charge is 0.488 e. The summed E-state index contributed by atoms with van der Waals surface area (Å²) in [4.78, 5) is 15.7. The lowest BCUT2D eigenvalue weighted by atomic mass is 9.94. The van der Waals surface area contributed by atoms with E-state index in [1.165, 1.54) is 25.4 Å². The number of aliphatic hydroxyl groups is 1. The highest BCUT2D eigenvalue weighted by Crippen LogP contribution is 2.23. The zero-order chi connectivity index (χ0) is 26.0. The van der Waals surface area contributed by atoms with Gasteiger partial charge in [0, 0.05) is 23.6 Å². The van der Waals surface area contributed by atoms with Crippen LogP contribution in [0.25, 0.3) is 0 Å². The van der Waals surface area contributed by atoms with Gasteiger partial charge in [0.2, 0.25) is 17.1 Å². The van der Waals surface area contributed by atoms with E-state index in [2.05, 4.69) is 44.0 Å². The highest BCUT2D eigenvalue weighted by atomic mass is 16.5. The summed E-state index contributed by atoms with van der Waals surface area (Å²) in [5.41, 5.74) is 6.99. The molecule has 5 heteroatoms. The van der Waals surface area contributed by atoms with Crippen molar-refractivity contribution in [2.45, 2.75) is 74.3 Å². The van der Waals surface area contributed by atoms with Gasteiger partial charge >= 0.3 is 0 Å². The first-order valence-corrected chi connectivity index (χ1v) is 11.8. The first-order chi connectivity index (χ1) is 15.9. The summed E-state index contributed by atoms with van der Waals surface area (Å²) in [6.45, 7) is 16.1. The van der Waals surface area contributed by atoms with Crippen LogP contribution in [-0.2, 0) is 6.42 Å². The molecule has 2 unspecified atom stereocenters. The summed E-state index contributed by atoms with van der Waals surface area (Å²) >= 11 is 0. The first kappa shape index (κ1) is 29.2. The maximum absolute atomic E-state index is 12.5. The fourth-order valence-corrected chi connectivity index (χ4v) is 3.96. The Kier molecular flexibility index (Phi) is 11.9. The second-order valence-electron chi connectivity index (χ2n) is 9.18. The minimum atomic E-state index is -0.507. The maximum Gasteiger partial charge on any atom is 0.238 e. The van der Waals surface area contributed by atoms with Gasteiger partial charge in [0.1, 0.15) is 0 Å². The van der Waals surface area contributed by atoms with Crippen LogP contribution >= 0.6 is 0 Å². The van der Waals surface area contributed by atoms with Gasteiger partial charge in [0.25, 0.3) is 0 Å². The smallest absolute Gasteiger partial charge is 0.238 e. The second-order valence-corrected chi connectivity index (χ2v) is 9.18. The summed E-state index contributed by atoms with van der Waals surface area (Å²) in [5, 5.41) is 10.6. The van der Waals surface area contributed by atoms with Gasteiger partial charge in [0.05, 0.1) is 20.3 Å². The molecule has 1 aromatic heterocycles. The molecule has 0 bridgehead atoms. The van der Waals surface area contributed by atoms with Gasteiger partial charge in [-0.1, -0.05) is 59.6 Å². The summed E-state index contributed by atoms with van der Waals surface area (Å²) < 4.78 is 10.5. The number of H-pyrrole nitrogens is 1. The van der Waals surface area contributed by atoms with Crippen molar-refractivity contribution in [2.75, 3.05) is 14.2 Å². The molecule has 0 aliphatic carbocycles. The van der Waals surface area contributed by atoms with E-state index in [0.717, 1.165) is 28.8 Å². The van der Waals surface area contributed by atoms with Crippen molar-refractivity contribution < 1.29 is 14.6 Å². The van der Waals surface area contributed by atoms with Crippen LogP contribution in [0.2, 0.25) is 0 Å². The summed E-state index contributed by atoms with van der Waals surface area (Å²) in [6.07, 6.45) is 11.4. The second kappa shape index (κ2) is 13.8. The molecule has 0 radical (unpaired) electrons. The first-order valence-electron chi connectivity index (χ1n) is 11.8. The van der Waals surface area contributed by atoms with Gasteiger partial charge in [-0.2, -0.15) is 0 Å². The standard InChI is InChI=1S/C29H43NO4/c1-11-18(2)16-22(6)26(31)23(7)17-21(5)15-20(4)14-19(3)12-13-25-24(8)27(32)28(33-9)29(30-25)34-10/h11-12,15-17,23,26,31H,13-14H2,1-10H3,(H,30,32). The molecule has 1 rings (SSSR count). The molecular weight excluding hydrogens is 426 g/mol. The molecule has 0 fully saturated rings. The Labute approximate surface area is 205 Å². The molecule has 0 spiro atoms. The van der Waals surface area contributed by atoms with Crippen LogP contribution in [0.3, 0.4) is 0 Å². The summed E-state index contributed by atoms with van der Waals surface area (Å²) in [6, 6.07) is 0. The Hall–Kier alpha value is -2.79. The van der Waals surface area contributed by atoms with Gasteiger partial charge in [-0.15, -0.1) is 0 Å². The van der Waals surface area contributed by atoms with Crippen molar-refractivity contribution in [1.29, 1.82) is 0 Å². The molecule has 0 aromatic carbocycles. The number of nitrogens with one attached hydrogen (secondary N) is 1. The topological polar surface area (TPSA) is 71.6 Å². The van der Waals surface area contributed by atoms with Gasteiger partial charge in [-0.05, 0) is 60.5 Å². The van der Waals surface area contributed by atoms with Crippen LogP contribution in [0, 0.1) is 12.8 Å². The number of methoxy groups -OCH3 is 2. The van der Waals surface area contributed by atoms with E-state index < -0.39 is 6.10 Å². The van der Waals surface area contributed by atoms with Crippen LogP contribution in [0.5, 0.6) is 11.6 Å². The Balaban J connectivity index is 2.92. The van der Waals surface area contributed by atoms with E-state index in [1.807, 2.05) is 39.8 Å². The quantitative estimate of drug-likeness (QED) is 0.291. The van der Waals surface area contributed by atoms with Crippen LogP contribution in [0.15, 0.2) is 63.0 Å². The average Bonchev–Trinajstić information content (AvgIpc) is 2.78. The molecule has 0 aliphatic rings. The van der Waals surface area contributed by atoms with Gasteiger partial charge in [0.15, 0.2) is 0 Å². The minimum absolute atomic E-state index is 0.0199. The Morgan fingerprint density at radius 2 is 1.68 bits per heavy atom. The fourth-order valence-electron chi connectivity index (χ4n) is 3.96. The number of rotatable bonds is 11. The SMILES string of the molecule is CC=C(C)C=C(C)C(O)C(C)C=C(C)C=C(C)CC(C)=CCc1[nH]c(OC)c(OC)c(=O)c1C. The van der Waals surface area contributed by atoms with Crippen molar-refractivity contribution >= 4 is 0 Å². The highest BCUT2D eigenvalue weighted by molar-refractivity contribution is 5.40. The Morgan fingerprint density at radius 1 is 1.03 bits per heavy atom. The molecule has 1 aromatic rings. The van der Waals surface area contributed by atoms with Crippen molar-refractivity contribution in [1.82, 2.24) is 4.98 Å². The van der Waals surface area contributed by atoms with Crippen LogP contribution in [0.1, 0.15) is 66.1 Å². The van der Waals surface area contributed by atoms with E-state index in [4.69, 9.17) is 9.47 Å². The third kappa shape index (κ3) is 8.53. The lowest BCUT2D eigenvalue weighted by molar-refractivity contribution is 0.173. The molecule has 5 nitrogen and oxygen atoms in total. The Bertz CT molecular complexity index is 1050. The molecule has 2 atom stereocenters. The van der Waals surface area contributed by atoms with Gasteiger partial charge in [-0.25, -0.2) is 0 Å². The zero-order valence-corrected chi connectivity index (χ0v) is 22.6. The number of allylic oxidation sites excluding steroid dienone is 8. The molecular formula is C29H43NO4. The Morgan fingerprint density at radius 3 is 2.24 bits per heavy atom. The number of aliphatic hydroxyl groups excluding tert-OH is 1. The van der Waals surface area contributed by atoms with E-state index in [1.54, 1.807) is 6.92 Å². The molecule has 0 saturated carbocycles. The number of ether oxygens (including phenoxy) is 2. The van der Waals surface area contributed by atoms with Crippen molar-refractivity contribution in [2.24, 2.45) is 5.92 Å². The van der Waals surface area contributed by atoms with E-state index in [0.29, 0.717) is 17.9 Å². The normalized spacial score (nSPS) is 15.9. The van der Waals surface area contributed by atoms with Gasteiger partial charge < -0.3 is 19.6 Å². The highest BCUT2D eigenvalue weighted by Gasteiger charge is 2.15. The molecule has 0 amide bonds. The summed E-state index contributed by atoms with van der Waals surface area (Å²) in [7, 11) is 2.98. The predicted octanol–water partition coefficient (Wildman–Crippen LogP) is 6.38. The number of aromatic amines is 1. The third-order valence-electron chi connectivity index (χ3n) is 5.97. The van der Waals surface area contributed by atoms with E-state index in [9.17, 15) is 9.90 Å². The molecule has 2 N–H and O–H groups in total. The molecule has 0 saturated heterocycles. The lowest BCUT2D eigenvalue weighted by Gasteiger charge is -2.17. The van der Waals surface area contributed by atoms with Crippen LogP contribution < -0.4 is 14.9 Å². The number of aromatic nitrogens is 1. The van der Waals surface area contributed by atoms with Crippen LogP contribution in [-0.4, -0.2) is 30.4 Å². The maximum atomic E-state index is 12.5. The van der Waals surface area contributed by atoms with Crippen molar-refractivity contribution in [3.8, 4) is 11.6 Å². The number of hydrogen-bond acceptors (Lipinski definition) is 4. The van der Waals surface area contributed by atoms with E-state index >= 15 is 0 Å². The van der Waals surface area contributed by atoms with Crippen molar-refractivity contribution in [3.05, 3.63) is 79.7 Å². The number of pyridine rings is 1. The van der Waals surface area contributed by atoms with Crippen LogP contribution in [0.4, 0.5) is 0 Å². The predicted molar refractivity (Wildman–Crippen MR) is 143 cm³/mol.